The smallest absolute Gasteiger partial charge is 0.340 e. The van der Waals surface area contributed by atoms with Gasteiger partial charge in [-0.3, -0.25) is 4.79 Å². The second-order valence-corrected chi connectivity index (χ2v) is 6.67. The Bertz CT molecular complexity index is 1130. The Kier molecular flexibility index (Phi) is 5.68. The van der Waals surface area contributed by atoms with Crippen LogP contribution in [0.25, 0.3) is 11.0 Å². The highest BCUT2D eigenvalue weighted by Crippen LogP contribution is 2.29. The van der Waals surface area contributed by atoms with Gasteiger partial charge in [0.2, 0.25) is 5.91 Å². The fourth-order valence-corrected chi connectivity index (χ4v) is 3.29. The van der Waals surface area contributed by atoms with Crippen LogP contribution >= 0.6 is 0 Å². The van der Waals surface area contributed by atoms with Crippen LogP contribution in [-0.4, -0.2) is 19.0 Å². The van der Waals surface area contributed by atoms with Crippen LogP contribution in [0.4, 0.5) is 0 Å². The maximum absolute atomic E-state index is 12.5. The summed E-state index contributed by atoms with van der Waals surface area (Å²) in [6.07, 6.45) is -0.314. The molecule has 7 nitrogen and oxygen atoms in total. The SMILES string of the molecule is COc1ccc2c(C)c(CC(=O)N[C@H](C(=O)[O-])c3ccccc3)c(=O)oc2c1C. The molecule has 0 fully saturated rings. The summed E-state index contributed by atoms with van der Waals surface area (Å²) in [6, 6.07) is 10.4. The Labute approximate surface area is 166 Å². The summed E-state index contributed by atoms with van der Waals surface area (Å²) >= 11 is 0. The van der Waals surface area contributed by atoms with E-state index in [9.17, 15) is 19.5 Å². The molecule has 0 aliphatic rings. The first-order valence-electron chi connectivity index (χ1n) is 8.98. The number of ether oxygens (including phenoxy) is 1. The number of rotatable bonds is 6. The predicted octanol–water partition coefficient (Wildman–Crippen LogP) is 1.57. The largest absolute Gasteiger partial charge is 0.548 e. The Hall–Kier alpha value is -3.61. The van der Waals surface area contributed by atoms with E-state index in [2.05, 4.69) is 5.32 Å². The molecule has 1 atom stereocenters. The zero-order chi connectivity index (χ0) is 21.1. The maximum Gasteiger partial charge on any atom is 0.340 e. The number of amides is 1. The van der Waals surface area contributed by atoms with E-state index in [0.29, 0.717) is 33.4 Å². The number of carboxylic acid groups (broad SMARTS) is 1. The number of benzene rings is 2. The normalized spacial score (nSPS) is 11.8. The summed E-state index contributed by atoms with van der Waals surface area (Å²) in [5, 5.41) is 14.6. The average Bonchev–Trinajstić information content (AvgIpc) is 2.70. The lowest BCUT2D eigenvalue weighted by molar-refractivity contribution is -0.308. The predicted molar refractivity (Wildman–Crippen MR) is 105 cm³/mol. The van der Waals surface area contributed by atoms with Gasteiger partial charge in [0.05, 0.1) is 31.1 Å². The number of carboxylic acids is 1. The minimum Gasteiger partial charge on any atom is -0.548 e. The number of aryl methyl sites for hydroxylation is 2. The van der Waals surface area contributed by atoms with E-state index in [1.165, 1.54) is 7.11 Å². The van der Waals surface area contributed by atoms with Gasteiger partial charge in [0, 0.05) is 10.9 Å². The second kappa shape index (κ2) is 8.18. The summed E-state index contributed by atoms with van der Waals surface area (Å²) in [5.41, 5.74) is 1.58. The van der Waals surface area contributed by atoms with Crippen molar-refractivity contribution in [3.05, 3.63) is 75.1 Å². The molecule has 1 heterocycles. The van der Waals surface area contributed by atoms with Crippen LogP contribution < -0.4 is 20.8 Å². The molecule has 1 amide bonds. The summed E-state index contributed by atoms with van der Waals surface area (Å²) < 4.78 is 10.7. The quantitative estimate of drug-likeness (QED) is 0.636. The molecule has 0 spiro atoms. The second-order valence-electron chi connectivity index (χ2n) is 6.67. The molecular weight excluding hydrogens is 374 g/mol. The van der Waals surface area contributed by atoms with Gasteiger partial charge in [-0.1, -0.05) is 30.3 Å². The highest BCUT2D eigenvalue weighted by molar-refractivity contribution is 5.89. The van der Waals surface area contributed by atoms with Crippen LogP contribution in [0, 0.1) is 13.8 Å². The third-order valence-electron chi connectivity index (χ3n) is 4.89. The Morgan fingerprint density at radius 3 is 2.41 bits per heavy atom. The third-order valence-corrected chi connectivity index (χ3v) is 4.89. The van der Waals surface area contributed by atoms with E-state index in [-0.39, 0.29) is 12.0 Å². The molecule has 29 heavy (non-hydrogen) atoms. The van der Waals surface area contributed by atoms with Gasteiger partial charge < -0.3 is 24.4 Å². The van der Waals surface area contributed by atoms with Crippen molar-refractivity contribution in [2.24, 2.45) is 0 Å². The van der Waals surface area contributed by atoms with E-state index in [4.69, 9.17) is 9.15 Å². The highest BCUT2D eigenvalue weighted by atomic mass is 16.5. The van der Waals surface area contributed by atoms with Crippen molar-refractivity contribution in [2.75, 3.05) is 7.11 Å². The van der Waals surface area contributed by atoms with Crippen molar-refractivity contribution in [2.45, 2.75) is 26.3 Å². The maximum atomic E-state index is 12.5. The molecule has 0 saturated carbocycles. The van der Waals surface area contributed by atoms with Gasteiger partial charge in [0.25, 0.3) is 0 Å². The van der Waals surface area contributed by atoms with E-state index >= 15 is 0 Å². The number of carbonyl (C=O) groups excluding carboxylic acids is 2. The monoisotopic (exact) mass is 394 g/mol. The van der Waals surface area contributed by atoms with Gasteiger partial charge >= 0.3 is 5.63 Å². The molecule has 0 unspecified atom stereocenters. The molecule has 1 N–H and O–H groups in total. The van der Waals surface area contributed by atoms with Crippen LogP contribution in [0.15, 0.2) is 51.7 Å². The van der Waals surface area contributed by atoms with Gasteiger partial charge in [-0.15, -0.1) is 0 Å². The van der Waals surface area contributed by atoms with Crippen LogP contribution in [0.1, 0.15) is 28.3 Å². The Morgan fingerprint density at radius 2 is 1.79 bits per heavy atom. The molecule has 0 aliphatic heterocycles. The molecule has 1 aromatic heterocycles. The first kappa shape index (κ1) is 20.1. The number of methoxy groups -OCH3 is 1. The molecule has 3 rings (SSSR count). The van der Waals surface area contributed by atoms with Crippen LogP contribution in [0.3, 0.4) is 0 Å². The van der Waals surface area contributed by atoms with E-state index in [0.717, 1.165) is 0 Å². The highest BCUT2D eigenvalue weighted by Gasteiger charge is 2.20. The standard InChI is InChI=1S/C22H21NO6/c1-12-15-9-10-17(28-3)13(2)20(15)29-22(27)16(12)11-18(24)23-19(21(25)26)14-7-5-4-6-8-14/h4-10,19H,11H2,1-3H3,(H,23,24)(H,25,26)/p-1/t19-/m0/s1. The minimum atomic E-state index is -1.44. The fourth-order valence-electron chi connectivity index (χ4n) is 3.29. The molecule has 3 aromatic rings. The molecule has 0 bridgehead atoms. The van der Waals surface area contributed by atoms with Crippen LogP contribution in [-0.2, 0) is 16.0 Å². The lowest BCUT2D eigenvalue weighted by Crippen LogP contribution is -2.42. The number of carbonyl (C=O) groups is 2. The number of hydrogen-bond acceptors (Lipinski definition) is 6. The Balaban J connectivity index is 1.92. The van der Waals surface area contributed by atoms with Crippen molar-refractivity contribution >= 4 is 22.8 Å². The van der Waals surface area contributed by atoms with Gasteiger partial charge in [0.15, 0.2) is 0 Å². The minimum absolute atomic E-state index is 0.171. The third kappa shape index (κ3) is 3.99. The first-order chi connectivity index (χ1) is 13.8. The van der Waals surface area contributed by atoms with E-state index in [1.54, 1.807) is 56.3 Å². The molecule has 0 radical (unpaired) electrons. The number of fused-ring (bicyclic) bond motifs is 1. The number of aliphatic carboxylic acids is 1. The summed E-state index contributed by atoms with van der Waals surface area (Å²) in [7, 11) is 1.53. The van der Waals surface area contributed by atoms with E-state index in [1.807, 2.05) is 0 Å². The molecule has 0 aliphatic carbocycles. The summed E-state index contributed by atoms with van der Waals surface area (Å²) in [6.45, 7) is 3.50. The van der Waals surface area contributed by atoms with Crippen molar-refractivity contribution in [1.82, 2.24) is 5.32 Å². The molecular formula is C22H20NO6-. The zero-order valence-electron chi connectivity index (χ0n) is 16.3. The van der Waals surface area contributed by atoms with Crippen molar-refractivity contribution < 1.29 is 23.8 Å². The zero-order valence-corrected chi connectivity index (χ0v) is 16.3. The summed E-state index contributed by atoms with van der Waals surface area (Å²) in [5.74, 6) is -1.47. The van der Waals surface area contributed by atoms with Crippen molar-refractivity contribution in [1.29, 1.82) is 0 Å². The van der Waals surface area contributed by atoms with Crippen LogP contribution in [0.5, 0.6) is 5.75 Å². The number of nitrogens with one attached hydrogen (secondary N) is 1. The van der Waals surface area contributed by atoms with Gasteiger partial charge in [-0.2, -0.15) is 0 Å². The molecule has 0 saturated heterocycles. The Morgan fingerprint density at radius 1 is 1.10 bits per heavy atom. The summed E-state index contributed by atoms with van der Waals surface area (Å²) in [4.78, 5) is 36.5. The molecule has 150 valence electrons. The fraction of sp³-hybridized carbons (Fsp3) is 0.227. The molecule has 7 heteroatoms. The lowest BCUT2D eigenvalue weighted by atomic mass is 10.0. The molecule has 2 aromatic carbocycles. The van der Waals surface area contributed by atoms with E-state index < -0.39 is 23.5 Å². The lowest BCUT2D eigenvalue weighted by Gasteiger charge is -2.20. The first-order valence-corrected chi connectivity index (χ1v) is 8.98. The van der Waals surface area contributed by atoms with Gasteiger partial charge in [0.1, 0.15) is 11.3 Å². The number of hydrogen-bond donors (Lipinski definition) is 1. The topological polar surface area (TPSA) is 109 Å². The van der Waals surface area contributed by atoms with Crippen LogP contribution in [0.2, 0.25) is 0 Å². The van der Waals surface area contributed by atoms with Crippen molar-refractivity contribution in [3.63, 3.8) is 0 Å². The van der Waals surface area contributed by atoms with Crippen molar-refractivity contribution in [3.8, 4) is 5.75 Å². The van der Waals surface area contributed by atoms with Gasteiger partial charge in [-0.05, 0) is 37.1 Å². The average molecular weight is 394 g/mol. The van der Waals surface area contributed by atoms with Gasteiger partial charge in [-0.25, -0.2) is 4.79 Å².